The van der Waals surface area contributed by atoms with Crippen LogP contribution >= 0.6 is 11.6 Å². The fourth-order valence-electron chi connectivity index (χ4n) is 4.65. The summed E-state index contributed by atoms with van der Waals surface area (Å²) in [6.45, 7) is 1.81. The third-order valence-electron chi connectivity index (χ3n) is 6.79. The number of hydrogen-bond acceptors (Lipinski definition) is 8. The third kappa shape index (κ3) is 6.42. The van der Waals surface area contributed by atoms with Gasteiger partial charge in [-0.05, 0) is 38.0 Å². The van der Waals surface area contributed by atoms with Crippen LogP contribution in [-0.4, -0.2) is 66.0 Å². The highest BCUT2D eigenvalue weighted by Gasteiger charge is 2.46. The van der Waals surface area contributed by atoms with Crippen LogP contribution in [0.4, 0.5) is 24.7 Å². The van der Waals surface area contributed by atoms with Crippen LogP contribution in [0.3, 0.4) is 0 Å². The number of nitrogens with one attached hydrogen (secondary N) is 1. The summed E-state index contributed by atoms with van der Waals surface area (Å²) in [5.74, 6) is -1.74. The predicted octanol–water partition coefficient (Wildman–Crippen LogP) is 5.02. The molecule has 1 saturated heterocycles. The molecule has 4 rings (SSSR count). The van der Waals surface area contributed by atoms with Gasteiger partial charge in [-0.1, -0.05) is 17.7 Å². The number of alkyl halides is 3. The third-order valence-corrected chi connectivity index (χ3v) is 8.72. The van der Waals surface area contributed by atoms with E-state index in [0.29, 0.717) is 27.2 Å². The molecule has 0 saturated carbocycles. The van der Waals surface area contributed by atoms with Gasteiger partial charge in [0.2, 0.25) is 5.91 Å². The van der Waals surface area contributed by atoms with Crippen LogP contribution in [0.2, 0.25) is 5.15 Å². The van der Waals surface area contributed by atoms with Crippen LogP contribution in [0.15, 0.2) is 36.7 Å². The molecule has 14 heteroatoms. The summed E-state index contributed by atoms with van der Waals surface area (Å²) >= 11 is 6.09. The summed E-state index contributed by atoms with van der Waals surface area (Å²) in [4.78, 5) is 26.4. The molecular formula is C25H27ClF3N5O4S. The molecule has 1 aliphatic rings. The molecule has 1 amide bonds. The number of fused-ring (bicyclic) bond motifs is 1. The fourth-order valence-corrected chi connectivity index (χ4v) is 6.29. The number of ether oxygens (including phenoxy) is 1. The Morgan fingerprint density at radius 1 is 1.15 bits per heavy atom. The van der Waals surface area contributed by atoms with E-state index in [4.69, 9.17) is 16.3 Å². The number of methoxy groups -OCH3 is 1. The highest BCUT2D eigenvalue weighted by atomic mass is 35.5. The van der Waals surface area contributed by atoms with Gasteiger partial charge in [-0.25, -0.2) is 18.4 Å². The lowest BCUT2D eigenvalue weighted by Gasteiger charge is -2.33. The van der Waals surface area contributed by atoms with Crippen molar-refractivity contribution in [3.63, 3.8) is 0 Å². The van der Waals surface area contributed by atoms with Crippen LogP contribution in [0.25, 0.3) is 11.0 Å². The Morgan fingerprint density at radius 2 is 1.85 bits per heavy atom. The first-order valence-corrected chi connectivity index (χ1v) is 14.3. The van der Waals surface area contributed by atoms with Crippen LogP contribution in [-0.2, 0) is 19.4 Å². The van der Waals surface area contributed by atoms with Gasteiger partial charge >= 0.3 is 6.18 Å². The standard InChI is InChI=1S/C25H27ClF3N5O4S/c1-14(38-3)21-18(13-30-17-5-6-19(26)33-22(17)21)32-20-7-4-16(12-31-20)23(25(27,28)29)34(2)24(35)15-8-10-39(36,37)11-9-15/h4-7,12-15,23H,8-11H2,1-3H3,(H,31,32)/t14?,23-/m0/s1. The van der Waals surface area contributed by atoms with E-state index in [1.54, 1.807) is 18.3 Å². The molecule has 1 fully saturated rings. The first kappa shape index (κ1) is 29.0. The van der Waals surface area contributed by atoms with Crippen LogP contribution < -0.4 is 5.32 Å². The monoisotopic (exact) mass is 585 g/mol. The van der Waals surface area contributed by atoms with Crippen LogP contribution in [0.5, 0.6) is 0 Å². The summed E-state index contributed by atoms with van der Waals surface area (Å²) in [6.07, 6.45) is -2.60. The highest BCUT2D eigenvalue weighted by Crippen LogP contribution is 2.39. The van der Waals surface area contributed by atoms with E-state index in [1.165, 1.54) is 19.2 Å². The van der Waals surface area contributed by atoms with E-state index >= 15 is 0 Å². The number of aromatic nitrogens is 3. The zero-order chi connectivity index (χ0) is 28.5. The second-order valence-corrected chi connectivity index (χ2v) is 12.1. The minimum Gasteiger partial charge on any atom is -0.377 e. The lowest BCUT2D eigenvalue weighted by molar-refractivity contribution is -0.190. The SMILES string of the molecule is COC(C)c1c(Nc2ccc([C@H](N(C)C(=O)C3CCS(=O)(=O)CC3)C(F)(F)F)cn2)cnc2ccc(Cl)nc12. The molecule has 39 heavy (non-hydrogen) atoms. The summed E-state index contributed by atoms with van der Waals surface area (Å²) in [5, 5.41) is 3.32. The van der Waals surface area contributed by atoms with E-state index in [-0.39, 0.29) is 40.9 Å². The average Bonchev–Trinajstić information content (AvgIpc) is 2.88. The number of sulfone groups is 1. The van der Waals surface area contributed by atoms with Crippen molar-refractivity contribution < 1.29 is 31.1 Å². The van der Waals surface area contributed by atoms with Gasteiger partial charge in [0.05, 0.1) is 40.5 Å². The van der Waals surface area contributed by atoms with Crippen LogP contribution in [0.1, 0.15) is 43.0 Å². The lowest BCUT2D eigenvalue weighted by Crippen LogP contribution is -2.44. The number of amides is 1. The first-order valence-electron chi connectivity index (χ1n) is 12.1. The maximum absolute atomic E-state index is 14.1. The quantitative estimate of drug-likeness (QED) is 0.385. The molecule has 0 bridgehead atoms. The summed E-state index contributed by atoms with van der Waals surface area (Å²) in [6, 6.07) is 3.69. The molecule has 1 unspecified atom stereocenters. The fraction of sp³-hybridized carbons (Fsp3) is 0.440. The summed E-state index contributed by atoms with van der Waals surface area (Å²) in [7, 11) is -0.660. The molecule has 2 atom stereocenters. The molecule has 0 spiro atoms. The molecule has 9 nitrogen and oxygen atoms in total. The molecule has 0 aliphatic carbocycles. The summed E-state index contributed by atoms with van der Waals surface area (Å²) < 4.78 is 71.3. The Balaban J connectivity index is 1.60. The second-order valence-electron chi connectivity index (χ2n) is 9.39. The maximum Gasteiger partial charge on any atom is 0.413 e. The van der Waals surface area contributed by atoms with Gasteiger partial charge in [-0.2, -0.15) is 13.2 Å². The minimum absolute atomic E-state index is 0.000710. The highest BCUT2D eigenvalue weighted by molar-refractivity contribution is 7.91. The number of hydrogen-bond donors (Lipinski definition) is 1. The molecule has 3 aromatic rings. The van der Waals surface area contributed by atoms with Crippen molar-refractivity contribution >= 4 is 49.9 Å². The number of pyridine rings is 3. The van der Waals surface area contributed by atoms with Gasteiger partial charge in [0, 0.05) is 37.4 Å². The number of anilines is 2. The Bertz CT molecular complexity index is 1460. The van der Waals surface area contributed by atoms with E-state index in [9.17, 15) is 26.4 Å². The van der Waals surface area contributed by atoms with Crippen molar-refractivity contribution in [3.05, 3.63) is 52.9 Å². The van der Waals surface area contributed by atoms with E-state index in [0.717, 1.165) is 13.2 Å². The smallest absolute Gasteiger partial charge is 0.377 e. The van der Waals surface area contributed by atoms with Crippen LogP contribution in [0, 0.1) is 5.92 Å². The molecule has 4 heterocycles. The topological polar surface area (TPSA) is 114 Å². The molecule has 0 aromatic carbocycles. The molecular weight excluding hydrogens is 559 g/mol. The van der Waals surface area contributed by atoms with Crippen molar-refractivity contribution in [2.75, 3.05) is 31.0 Å². The molecule has 1 N–H and O–H groups in total. The minimum atomic E-state index is -4.78. The number of rotatable bonds is 7. The number of carbonyl (C=O) groups is 1. The van der Waals surface area contributed by atoms with Crippen molar-refractivity contribution in [1.82, 2.24) is 19.9 Å². The predicted molar refractivity (Wildman–Crippen MR) is 140 cm³/mol. The number of carbonyl (C=O) groups excluding carboxylic acids is 1. The first-order chi connectivity index (χ1) is 18.3. The maximum atomic E-state index is 14.1. The number of halogens is 4. The molecule has 210 valence electrons. The van der Waals surface area contributed by atoms with Crippen molar-refractivity contribution in [2.24, 2.45) is 5.92 Å². The zero-order valence-electron chi connectivity index (χ0n) is 21.4. The molecule has 3 aromatic heterocycles. The Kier molecular flexibility index (Phi) is 8.33. The molecule has 1 aliphatic heterocycles. The van der Waals surface area contributed by atoms with E-state index in [2.05, 4.69) is 20.3 Å². The van der Waals surface area contributed by atoms with Crippen molar-refractivity contribution in [3.8, 4) is 0 Å². The Hall–Kier alpha value is -3.03. The van der Waals surface area contributed by atoms with Crippen molar-refractivity contribution in [2.45, 2.75) is 38.1 Å². The second kappa shape index (κ2) is 11.2. The zero-order valence-corrected chi connectivity index (χ0v) is 22.9. The van der Waals surface area contributed by atoms with Gasteiger partial charge < -0.3 is 15.0 Å². The number of nitrogens with zero attached hydrogens (tertiary/aromatic N) is 4. The average molecular weight is 586 g/mol. The lowest BCUT2D eigenvalue weighted by atomic mass is 9.99. The van der Waals surface area contributed by atoms with Crippen molar-refractivity contribution in [1.29, 1.82) is 0 Å². The van der Waals surface area contributed by atoms with Gasteiger partial charge in [-0.3, -0.25) is 9.78 Å². The van der Waals surface area contributed by atoms with E-state index in [1.807, 2.05) is 6.92 Å². The summed E-state index contributed by atoms with van der Waals surface area (Å²) in [5.41, 5.74) is 1.99. The van der Waals surface area contributed by atoms with Gasteiger partial charge in [0.1, 0.15) is 20.8 Å². The Morgan fingerprint density at radius 3 is 2.44 bits per heavy atom. The van der Waals surface area contributed by atoms with Gasteiger partial charge in [0.25, 0.3) is 0 Å². The largest absolute Gasteiger partial charge is 0.413 e. The Labute approximate surface area is 228 Å². The normalized spacial score (nSPS) is 17.5. The van der Waals surface area contributed by atoms with Gasteiger partial charge in [0.15, 0.2) is 6.04 Å². The van der Waals surface area contributed by atoms with Gasteiger partial charge in [-0.15, -0.1) is 0 Å². The van der Waals surface area contributed by atoms with E-state index < -0.39 is 40.0 Å². The molecule has 0 radical (unpaired) electrons.